The monoisotopic (exact) mass is 804 g/mol. The molecule has 0 spiro atoms. The molecule has 0 bridgehead atoms. The Morgan fingerprint density at radius 1 is 0.407 bits per heavy atom. The summed E-state index contributed by atoms with van der Waals surface area (Å²) in [5.41, 5.74) is 4.20. The molecule has 0 atom stereocenters. The summed E-state index contributed by atoms with van der Waals surface area (Å²) in [6.07, 6.45) is 0. The quantitative estimate of drug-likeness (QED) is 0.150. The molecule has 4 aromatic rings. The lowest BCUT2D eigenvalue weighted by atomic mass is 9.74. The molecular formula is C44H70B2O4S2Si2. The van der Waals surface area contributed by atoms with Gasteiger partial charge in [0, 0.05) is 20.3 Å². The van der Waals surface area contributed by atoms with Crippen LogP contribution in [0.3, 0.4) is 0 Å². The van der Waals surface area contributed by atoms with Crippen LogP contribution < -0.4 is 19.9 Å². The molecule has 2 fully saturated rings. The number of thiophene rings is 2. The van der Waals surface area contributed by atoms with Gasteiger partial charge in [-0.15, -0.1) is 22.7 Å². The molecule has 0 saturated carbocycles. The topological polar surface area (TPSA) is 36.9 Å². The predicted molar refractivity (Wildman–Crippen MR) is 248 cm³/mol. The van der Waals surface area contributed by atoms with Gasteiger partial charge in [-0.25, -0.2) is 0 Å². The number of hydrogen-bond donors (Lipinski definition) is 0. The van der Waals surface area contributed by atoms with E-state index in [0.29, 0.717) is 33.2 Å². The smallest absolute Gasteiger partial charge is 0.399 e. The van der Waals surface area contributed by atoms with E-state index in [-0.39, 0.29) is 0 Å². The summed E-state index contributed by atoms with van der Waals surface area (Å²) in [7, 11) is -4.88. The Morgan fingerprint density at radius 3 is 0.870 bits per heavy atom. The van der Waals surface area contributed by atoms with E-state index in [1.54, 1.807) is 9.00 Å². The van der Waals surface area contributed by atoms with Crippen molar-refractivity contribution in [2.24, 2.45) is 0 Å². The fourth-order valence-corrected chi connectivity index (χ4v) is 31.4. The van der Waals surface area contributed by atoms with Gasteiger partial charge in [0.25, 0.3) is 0 Å². The average molecular weight is 805 g/mol. The van der Waals surface area contributed by atoms with Crippen LogP contribution in [0, 0.1) is 0 Å². The van der Waals surface area contributed by atoms with Gasteiger partial charge in [0.05, 0.1) is 22.4 Å². The SMILES string of the molecule is CC(C)[Si](c1cc2c(s1)c(B1OC(C)(C)C(C)(C)O1)cc1c3cc([Si](C(C)C)(C(C)C)C(C)C)sc3c(B3OC(C)(C)C(C)(C)O3)cc21)(C(C)C)C(C)C. The Morgan fingerprint density at radius 2 is 0.648 bits per heavy atom. The van der Waals surface area contributed by atoms with E-state index in [2.05, 4.69) is 163 Å². The van der Waals surface area contributed by atoms with E-state index >= 15 is 0 Å². The van der Waals surface area contributed by atoms with E-state index in [1.807, 2.05) is 22.7 Å². The van der Waals surface area contributed by atoms with Crippen molar-refractivity contribution < 1.29 is 18.6 Å². The van der Waals surface area contributed by atoms with E-state index in [9.17, 15) is 0 Å². The Balaban J connectivity index is 1.80. The molecule has 54 heavy (non-hydrogen) atoms. The van der Waals surface area contributed by atoms with Crippen LogP contribution in [0.4, 0.5) is 0 Å². The minimum atomic E-state index is -1.99. The maximum Gasteiger partial charge on any atom is 0.496 e. The summed E-state index contributed by atoms with van der Waals surface area (Å²) in [4.78, 5) is 0. The maximum atomic E-state index is 6.93. The molecule has 0 unspecified atom stereocenters. The third-order valence-electron chi connectivity index (χ3n) is 15.1. The standard InChI is InChI=1S/C44H70B2O4S2Si2/c1-25(2)53(26(3)4,27(5)6)37-23-33-31-21-36(46-49-43(17,18)44(19,20)50-46)40-34(24-38(52-40)54(28(7)8,29(9)10)30(11)12)32(31)22-35(39(33)51-37)45-47-41(13,14)42(15,16)48-45/h21-30H,1-20H3. The van der Waals surface area contributed by atoms with Crippen LogP contribution in [-0.2, 0) is 18.6 Å². The molecule has 0 radical (unpaired) electrons. The Bertz CT molecular complexity index is 1830. The van der Waals surface area contributed by atoms with Crippen LogP contribution in [0.2, 0.25) is 33.2 Å². The third-order valence-corrected chi connectivity index (χ3v) is 33.2. The molecule has 6 rings (SSSR count). The summed E-state index contributed by atoms with van der Waals surface area (Å²) < 4.78 is 33.5. The highest BCUT2D eigenvalue weighted by atomic mass is 32.1. The second-order valence-electron chi connectivity index (χ2n) is 20.7. The summed E-state index contributed by atoms with van der Waals surface area (Å²) in [6.45, 7) is 47.1. The molecule has 2 saturated heterocycles. The van der Waals surface area contributed by atoms with Crippen molar-refractivity contribution in [2.75, 3.05) is 0 Å². The first-order valence-electron chi connectivity index (χ1n) is 20.9. The highest BCUT2D eigenvalue weighted by molar-refractivity contribution is 7.34. The van der Waals surface area contributed by atoms with E-state index in [4.69, 9.17) is 18.6 Å². The lowest BCUT2D eigenvalue weighted by Crippen LogP contribution is -2.54. The average Bonchev–Trinajstić information content (AvgIpc) is 3.73. The van der Waals surface area contributed by atoms with Crippen LogP contribution in [-0.4, -0.2) is 52.8 Å². The molecule has 2 aliphatic rings. The highest BCUT2D eigenvalue weighted by Crippen LogP contribution is 2.48. The van der Waals surface area contributed by atoms with Crippen molar-refractivity contribution in [3.05, 3.63) is 24.3 Å². The van der Waals surface area contributed by atoms with Gasteiger partial charge in [-0.2, -0.15) is 0 Å². The van der Waals surface area contributed by atoms with Gasteiger partial charge >= 0.3 is 14.2 Å². The van der Waals surface area contributed by atoms with Gasteiger partial charge in [-0.05, 0) is 131 Å². The summed E-state index contributed by atoms with van der Waals surface area (Å²) in [5.74, 6) is 0. The van der Waals surface area contributed by atoms with E-state index in [1.165, 1.54) is 41.9 Å². The van der Waals surface area contributed by atoms with Crippen LogP contribution in [0.5, 0.6) is 0 Å². The van der Waals surface area contributed by atoms with Gasteiger partial charge < -0.3 is 18.6 Å². The first-order valence-corrected chi connectivity index (χ1v) is 27.0. The Hall–Kier alpha value is -0.976. The minimum Gasteiger partial charge on any atom is -0.399 e. The van der Waals surface area contributed by atoms with Crippen molar-refractivity contribution in [1.82, 2.24) is 0 Å². The zero-order chi connectivity index (χ0) is 40.5. The van der Waals surface area contributed by atoms with E-state index < -0.39 is 52.8 Å². The molecule has 2 aromatic heterocycles. The van der Waals surface area contributed by atoms with Gasteiger partial charge in [0.1, 0.15) is 16.1 Å². The molecule has 0 aliphatic carbocycles. The van der Waals surface area contributed by atoms with Gasteiger partial charge in [-0.1, -0.05) is 95.2 Å². The fourth-order valence-electron chi connectivity index (χ4n) is 11.1. The van der Waals surface area contributed by atoms with Crippen molar-refractivity contribution in [1.29, 1.82) is 0 Å². The third kappa shape index (κ3) is 6.07. The Kier molecular flexibility index (Phi) is 10.9. The molecule has 2 aromatic carbocycles. The number of benzene rings is 2. The fraction of sp³-hybridized carbons (Fsp3) is 0.682. The number of rotatable bonds is 10. The van der Waals surface area contributed by atoms with E-state index in [0.717, 1.165) is 0 Å². The lowest BCUT2D eigenvalue weighted by molar-refractivity contribution is 0.00578. The zero-order valence-electron chi connectivity index (χ0n) is 37.4. The zero-order valence-corrected chi connectivity index (χ0v) is 41.0. The largest absolute Gasteiger partial charge is 0.496 e. The predicted octanol–water partition coefficient (Wildman–Crippen LogP) is 11.6. The molecular weight excluding hydrogens is 734 g/mol. The summed E-state index contributed by atoms with van der Waals surface area (Å²) >= 11 is 4.06. The van der Waals surface area contributed by atoms with Gasteiger partial charge in [-0.3, -0.25) is 0 Å². The van der Waals surface area contributed by atoms with Crippen LogP contribution in [0.15, 0.2) is 24.3 Å². The molecule has 0 N–H and O–H groups in total. The first kappa shape index (κ1) is 42.6. The second kappa shape index (κ2) is 13.8. The first-order chi connectivity index (χ1) is 24.7. The van der Waals surface area contributed by atoms with Crippen LogP contribution in [0.1, 0.15) is 138 Å². The lowest BCUT2D eigenvalue weighted by Gasteiger charge is -2.42. The van der Waals surface area contributed by atoms with Crippen LogP contribution in [0.25, 0.3) is 30.9 Å². The molecule has 4 nitrogen and oxygen atoms in total. The number of fused-ring (bicyclic) bond motifs is 5. The van der Waals surface area contributed by atoms with Crippen molar-refractivity contribution in [3.63, 3.8) is 0 Å². The summed E-state index contributed by atoms with van der Waals surface area (Å²) in [6, 6.07) is 10.1. The minimum absolute atomic E-state index is 0.437. The molecule has 10 heteroatoms. The van der Waals surface area contributed by atoms with Crippen molar-refractivity contribution in [3.8, 4) is 0 Å². The Labute approximate surface area is 339 Å². The molecule has 0 amide bonds. The summed E-state index contributed by atoms with van der Waals surface area (Å²) in [5, 5.41) is 5.23. The second-order valence-corrected chi connectivity index (χ2v) is 35.3. The molecule has 296 valence electrons. The highest BCUT2D eigenvalue weighted by Gasteiger charge is 2.55. The van der Waals surface area contributed by atoms with Gasteiger partial charge in [0.15, 0.2) is 0 Å². The number of hydrogen-bond acceptors (Lipinski definition) is 6. The van der Waals surface area contributed by atoms with Gasteiger partial charge in [0.2, 0.25) is 0 Å². The molecule has 2 aliphatic heterocycles. The molecule has 4 heterocycles. The van der Waals surface area contributed by atoms with Crippen molar-refractivity contribution in [2.45, 2.75) is 194 Å². The normalized spacial score (nSPS) is 20.3. The maximum absolute atomic E-state index is 6.93. The van der Waals surface area contributed by atoms with Crippen molar-refractivity contribution >= 4 is 104 Å². The van der Waals surface area contributed by atoms with Crippen LogP contribution >= 0.6 is 22.7 Å².